The van der Waals surface area contributed by atoms with Gasteiger partial charge in [0.1, 0.15) is 5.75 Å². The Balaban J connectivity index is 1.86. The Morgan fingerprint density at radius 2 is 1.53 bits per heavy atom. The summed E-state index contributed by atoms with van der Waals surface area (Å²) in [5.41, 5.74) is 0.499. The summed E-state index contributed by atoms with van der Waals surface area (Å²) in [6.07, 6.45) is 0. The number of hydrogen-bond donors (Lipinski definition) is 3. The molecule has 0 fully saturated rings. The normalized spacial score (nSPS) is 11.8. The Morgan fingerprint density at radius 1 is 0.824 bits per heavy atom. The first-order chi connectivity index (χ1) is 16.0. The van der Waals surface area contributed by atoms with E-state index in [1.807, 2.05) is 0 Å². The average molecular weight is 504 g/mol. The Bertz CT molecular complexity index is 1390. The first-order valence-electron chi connectivity index (χ1n) is 10.2. The summed E-state index contributed by atoms with van der Waals surface area (Å²) in [7, 11) is -6.23. The van der Waals surface area contributed by atoms with Crippen LogP contribution in [0.1, 0.15) is 24.2 Å². The van der Waals surface area contributed by atoms with Crippen molar-refractivity contribution in [2.45, 2.75) is 29.7 Å². The van der Waals surface area contributed by atoms with Gasteiger partial charge in [-0.1, -0.05) is 24.3 Å². The highest BCUT2D eigenvalue weighted by Gasteiger charge is 2.19. The van der Waals surface area contributed by atoms with Crippen molar-refractivity contribution in [1.82, 2.24) is 4.72 Å². The molecule has 0 heterocycles. The molecule has 11 heteroatoms. The summed E-state index contributed by atoms with van der Waals surface area (Å²) in [6.45, 7) is 3.39. The van der Waals surface area contributed by atoms with Crippen LogP contribution in [0.3, 0.4) is 0 Å². The molecule has 0 saturated heterocycles. The number of benzene rings is 3. The van der Waals surface area contributed by atoms with E-state index in [1.165, 1.54) is 61.7 Å². The Kier molecular flexibility index (Phi) is 7.60. The molecule has 0 aliphatic rings. The van der Waals surface area contributed by atoms with E-state index < -0.39 is 26.0 Å². The highest BCUT2D eigenvalue weighted by molar-refractivity contribution is 7.92. The van der Waals surface area contributed by atoms with Crippen molar-refractivity contribution >= 4 is 37.3 Å². The maximum Gasteiger partial charge on any atom is 0.261 e. The van der Waals surface area contributed by atoms with Gasteiger partial charge in [0.15, 0.2) is 0 Å². The van der Waals surface area contributed by atoms with Gasteiger partial charge in [-0.05, 0) is 62.4 Å². The van der Waals surface area contributed by atoms with E-state index >= 15 is 0 Å². The summed E-state index contributed by atoms with van der Waals surface area (Å²) in [4.78, 5) is 12.9. The molecule has 0 aromatic heterocycles. The molecule has 180 valence electrons. The first-order valence-corrected chi connectivity index (χ1v) is 13.2. The van der Waals surface area contributed by atoms with Gasteiger partial charge in [0.25, 0.3) is 15.9 Å². The highest BCUT2D eigenvalue weighted by Crippen LogP contribution is 2.28. The molecule has 3 N–H and O–H groups in total. The zero-order chi connectivity index (χ0) is 24.9. The third-order valence-electron chi connectivity index (χ3n) is 4.55. The van der Waals surface area contributed by atoms with Gasteiger partial charge in [0.05, 0.1) is 22.6 Å². The molecule has 3 aromatic rings. The third-order valence-corrected chi connectivity index (χ3v) is 7.60. The SMILES string of the molecule is COc1ccc(S(=O)(=O)NC(C)C)cc1NC(=O)c1cccc(NS(=O)(=O)c2ccccc2)c1. The number of methoxy groups -OCH3 is 1. The van der Waals surface area contributed by atoms with Gasteiger partial charge < -0.3 is 10.1 Å². The molecule has 3 aromatic carbocycles. The van der Waals surface area contributed by atoms with Crippen LogP contribution in [0.4, 0.5) is 11.4 Å². The predicted molar refractivity (Wildman–Crippen MR) is 130 cm³/mol. The zero-order valence-corrected chi connectivity index (χ0v) is 20.4. The van der Waals surface area contributed by atoms with Gasteiger partial charge in [-0.3, -0.25) is 9.52 Å². The Labute approximate surface area is 199 Å². The lowest BCUT2D eigenvalue weighted by molar-refractivity contribution is 0.102. The molecular formula is C23H25N3O6S2. The van der Waals surface area contributed by atoms with Crippen molar-refractivity contribution in [2.24, 2.45) is 0 Å². The largest absolute Gasteiger partial charge is 0.495 e. The fourth-order valence-electron chi connectivity index (χ4n) is 3.06. The van der Waals surface area contributed by atoms with Crippen molar-refractivity contribution in [2.75, 3.05) is 17.1 Å². The quantitative estimate of drug-likeness (QED) is 0.410. The number of carbonyl (C=O) groups is 1. The van der Waals surface area contributed by atoms with E-state index in [1.54, 1.807) is 32.0 Å². The van der Waals surface area contributed by atoms with E-state index in [-0.39, 0.29) is 38.5 Å². The molecule has 0 saturated carbocycles. The molecule has 34 heavy (non-hydrogen) atoms. The molecule has 1 amide bonds. The van der Waals surface area contributed by atoms with Crippen molar-refractivity contribution in [3.8, 4) is 5.75 Å². The number of rotatable bonds is 9. The minimum absolute atomic E-state index is 0.0401. The van der Waals surface area contributed by atoms with Crippen LogP contribution < -0.4 is 19.5 Å². The van der Waals surface area contributed by atoms with Gasteiger partial charge in [0.2, 0.25) is 10.0 Å². The molecule has 0 aliphatic carbocycles. The van der Waals surface area contributed by atoms with Crippen LogP contribution in [-0.2, 0) is 20.0 Å². The standard InChI is InChI=1S/C23H25N3O6S2/c1-16(2)25-34(30,31)20-12-13-22(32-3)21(15-20)24-23(27)17-8-7-9-18(14-17)26-33(28,29)19-10-5-4-6-11-19/h4-16,25-26H,1-3H3,(H,24,27). The first kappa shape index (κ1) is 25.2. The number of hydrogen-bond acceptors (Lipinski definition) is 6. The molecule has 0 bridgehead atoms. The van der Waals surface area contributed by atoms with Gasteiger partial charge in [-0.2, -0.15) is 0 Å². The zero-order valence-electron chi connectivity index (χ0n) is 18.8. The fraction of sp³-hybridized carbons (Fsp3) is 0.174. The smallest absolute Gasteiger partial charge is 0.261 e. The summed E-state index contributed by atoms with van der Waals surface area (Å²) in [5, 5.41) is 2.63. The van der Waals surface area contributed by atoms with E-state index in [4.69, 9.17) is 4.74 Å². The summed E-state index contributed by atoms with van der Waals surface area (Å²) >= 11 is 0. The number of ether oxygens (including phenoxy) is 1. The minimum atomic E-state index is -3.83. The monoisotopic (exact) mass is 503 g/mol. The Hall–Kier alpha value is -3.41. The van der Waals surface area contributed by atoms with Crippen molar-refractivity contribution in [3.05, 3.63) is 78.4 Å². The maximum absolute atomic E-state index is 12.9. The molecule has 3 rings (SSSR count). The minimum Gasteiger partial charge on any atom is -0.495 e. The van der Waals surface area contributed by atoms with Gasteiger partial charge in [0, 0.05) is 17.3 Å². The molecule has 0 unspecified atom stereocenters. The number of nitrogens with one attached hydrogen (secondary N) is 3. The fourth-order valence-corrected chi connectivity index (χ4v) is 5.41. The van der Waals surface area contributed by atoms with Crippen LogP contribution in [0.25, 0.3) is 0 Å². The van der Waals surface area contributed by atoms with Crippen molar-refractivity contribution in [1.29, 1.82) is 0 Å². The van der Waals surface area contributed by atoms with Gasteiger partial charge in [-0.15, -0.1) is 0 Å². The van der Waals surface area contributed by atoms with Crippen LogP contribution in [0.5, 0.6) is 5.75 Å². The van der Waals surface area contributed by atoms with Crippen LogP contribution in [0.15, 0.2) is 82.6 Å². The summed E-state index contributed by atoms with van der Waals surface area (Å²) in [6, 6.07) is 17.6. The van der Waals surface area contributed by atoms with Crippen molar-refractivity contribution in [3.63, 3.8) is 0 Å². The number of sulfonamides is 2. The number of anilines is 2. The van der Waals surface area contributed by atoms with E-state index in [0.29, 0.717) is 0 Å². The lowest BCUT2D eigenvalue weighted by Crippen LogP contribution is -2.30. The second-order valence-electron chi connectivity index (χ2n) is 7.59. The summed E-state index contributed by atoms with van der Waals surface area (Å²) in [5.74, 6) is -0.316. The predicted octanol–water partition coefficient (Wildman–Crippen LogP) is 3.44. The molecule has 0 atom stereocenters. The molecule has 0 radical (unpaired) electrons. The second-order valence-corrected chi connectivity index (χ2v) is 11.0. The van der Waals surface area contributed by atoms with Crippen molar-refractivity contribution < 1.29 is 26.4 Å². The molecular weight excluding hydrogens is 478 g/mol. The molecule has 0 spiro atoms. The summed E-state index contributed by atoms with van der Waals surface area (Å²) < 4.78 is 60.4. The van der Waals surface area contributed by atoms with Crippen LogP contribution in [-0.4, -0.2) is 35.9 Å². The van der Waals surface area contributed by atoms with E-state index in [0.717, 1.165) is 0 Å². The highest BCUT2D eigenvalue weighted by atomic mass is 32.2. The maximum atomic E-state index is 12.9. The average Bonchev–Trinajstić information content (AvgIpc) is 2.78. The lowest BCUT2D eigenvalue weighted by atomic mass is 10.2. The number of carbonyl (C=O) groups excluding carboxylic acids is 1. The Morgan fingerprint density at radius 3 is 2.18 bits per heavy atom. The lowest BCUT2D eigenvalue weighted by Gasteiger charge is -2.14. The molecule has 0 aliphatic heterocycles. The number of amides is 1. The topological polar surface area (TPSA) is 131 Å². The van der Waals surface area contributed by atoms with Gasteiger partial charge in [-0.25, -0.2) is 21.6 Å². The van der Waals surface area contributed by atoms with Crippen LogP contribution >= 0.6 is 0 Å². The van der Waals surface area contributed by atoms with Crippen LogP contribution in [0, 0.1) is 0 Å². The van der Waals surface area contributed by atoms with Gasteiger partial charge >= 0.3 is 0 Å². The van der Waals surface area contributed by atoms with E-state index in [2.05, 4.69) is 14.8 Å². The third kappa shape index (κ3) is 6.13. The second kappa shape index (κ2) is 10.2. The van der Waals surface area contributed by atoms with Crippen LogP contribution in [0.2, 0.25) is 0 Å². The van der Waals surface area contributed by atoms with E-state index in [9.17, 15) is 21.6 Å². The molecule has 9 nitrogen and oxygen atoms in total.